The third-order valence-electron chi connectivity index (χ3n) is 11.1. The largest absolute Gasteiger partial charge is 0.461 e. The predicted octanol–water partition coefficient (Wildman–Crippen LogP) is 6.66. The molecule has 268 valence electrons. The highest BCUT2D eigenvalue weighted by molar-refractivity contribution is 7.23. The van der Waals surface area contributed by atoms with Crippen LogP contribution < -0.4 is 15.4 Å². The molecule has 4 aliphatic rings. The summed E-state index contributed by atoms with van der Waals surface area (Å²) in [6.45, 7) is 3.58. The number of carbonyl (C=O) groups excluding carboxylic acids is 1. The van der Waals surface area contributed by atoms with Gasteiger partial charge in [0.25, 0.3) is 0 Å². The van der Waals surface area contributed by atoms with Crippen LogP contribution in [0.15, 0.2) is 18.2 Å². The number of carbonyl (C=O) groups is 1. The summed E-state index contributed by atoms with van der Waals surface area (Å²) in [5.74, 6) is -2.26. The van der Waals surface area contributed by atoms with E-state index in [1.807, 2.05) is 15.9 Å². The summed E-state index contributed by atoms with van der Waals surface area (Å²) in [5.41, 5.74) is 2.00. The van der Waals surface area contributed by atoms with Crippen molar-refractivity contribution in [1.82, 2.24) is 19.8 Å². The number of hydrogen-bond acceptors (Lipinski definition) is 9. The van der Waals surface area contributed by atoms with E-state index in [0.717, 1.165) is 31.0 Å². The minimum atomic E-state index is -5.11. The van der Waals surface area contributed by atoms with E-state index in [-0.39, 0.29) is 80.9 Å². The van der Waals surface area contributed by atoms with Crippen molar-refractivity contribution >= 4 is 49.1 Å². The van der Waals surface area contributed by atoms with Gasteiger partial charge in [-0.2, -0.15) is 28.4 Å². The van der Waals surface area contributed by atoms with Crippen LogP contribution >= 0.6 is 11.3 Å². The maximum atomic E-state index is 17.2. The van der Waals surface area contributed by atoms with Gasteiger partial charge < -0.3 is 20.3 Å². The Morgan fingerprint density at radius 1 is 1.18 bits per heavy atom. The molecule has 0 unspecified atom stereocenters. The first kappa shape index (κ1) is 33.8. The van der Waals surface area contributed by atoms with Crippen LogP contribution in [0.2, 0.25) is 0 Å². The summed E-state index contributed by atoms with van der Waals surface area (Å²) in [7, 11) is 0. The van der Waals surface area contributed by atoms with E-state index in [4.69, 9.17) is 10.5 Å². The molecule has 2 aromatic heterocycles. The SMILES string of the molecule is CC(=O)N1C[C@@H]2CCCN(c3nc(OC[C@@]45CCCN4C[C@H](F)C5)nc4c(F)c(-c5ccc(F)c6sc(N)c(C#N)c56)c(C(F)(F)F)cc34)[C@@H]2C1. The summed E-state index contributed by atoms with van der Waals surface area (Å²) >= 11 is 0.688. The minimum Gasteiger partial charge on any atom is -0.461 e. The van der Waals surface area contributed by atoms with Gasteiger partial charge >= 0.3 is 12.2 Å². The van der Waals surface area contributed by atoms with Gasteiger partial charge in [0.05, 0.1) is 27.4 Å². The summed E-state index contributed by atoms with van der Waals surface area (Å²) in [5, 5.41) is 9.29. The summed E-state index contributed by atoms with van der Waals surface area (Å²) in [6, 6.07) is 3.97. The van der Waals surface area contributed by atoms with E-state index in [1.54, 1.807) is 4.90 Å². The number of nitriles is 1. The zero-order valence-corrected chi connectivity index (χ0v) is 28.3. The molecule has 4 atom stereocenters. The fourth-order valence-electron chi connectivity index (χ4n) is 8.82. The van der Waals surface area contributed by atoms with Crippen LogP contribution in [0.4, 0.5) is 37.2 Å². The number of anilines is 2. The van der Waals surface area contributed by atoms with Crippen LogP contribution in [0.5, 0.6) is 6.01 Å². The minimum absolute atomic E-state index is 0.00403. The Kier molecular flexibility index (Phi) is 8.02. The number of benzene rings is 2. The zero-order chi connectivity index (χ0) is 36.0. The van der Waals surface area contributed by atoms with Crippen molar-refractivity contribution in [2.75, 3.05) is 50.0 Å². The summed E-state index contributed by atoms with van der Waals surface area (Å²) in [4.78, 5) is 26.9. The van der Waals surface area contributed by atoms with Crippen molar-refractivity contribution in [2.24, 2.45) is 5.92 Å². The Morgan fingerprint density at radius 3 is 2.73 bits per heavy atom. The predicted molar refractivity (Wildman–Crippen MR) is 179 cm³/mol. The van der Waals surface area contributed by atoms with E-state index in [9.17, 15) is 18.8 Å². The second-order valence-corrected chi connectivity index (χ2v) is 15.1. The molecule has 4 saturated heterocycles. The number of likely N-dealkylation sites (tertiary alicyclic amines) is 1. The molecule has 0 bridgehead atoms. The Bertz CT molecular complexity index is 2140. The molecule has 2 N–H and O–H groups in total. The lowest BCUT2D eigenvalue weighted by molar-refractivity contribution is -0.137. The van der Waals surface area contributed by atoms with Crippen LogP contribution in [-0.4, -0.2) is 82.8 Å². The molecule has 4 fully saturated rings. The average Bonchev–Trinajstić information content (AvgIpc) is 3.84. The molecule has 9 nitrogen and oxygen atoms in total. The molecule has 51 heavy (non-hydrogen) atoms. The quantitative estimate of drug-likeness (QED) is 0.227. The number of hydrogen-bond donors (Lipinski definition) is 1. The van der Waals surface area contributed by atoms with Gasteiger partial charge in [0.2, 0.25) is 5.91 Å². The number of piperidine rings is 1. The first-order valence-corrected chi connectivity index (χ1v) is 17.7. The summed E-state index contributed by atoms with van der Waals surface area (Å²) in [6.07, 6.45) is -2.96. The van der Waals surface area contributed by atoms with Crippen LogP contribution in [0, 0.1) is 28.9 Å². The van der Waals surface area contributed by atoms with E-state index < -0.39 is 46.2 Å². The molecular formula is C35H33F6N7O2S. The number of rotatable bonds is 5. The molecule has 0 radical (unpaired) electrons. The molecule has 2 aromatic carbocycles. The number of ether oxygens (including phenoxy) is 1. The lowest BCUT2D eigenvalue weighted by Crippen LogP contribution is -2.46. The maximum Gasteiger partial charge on any atom is 0.417 e. The average molecular weight is 730 g/mol. The van der Waals surface area contributed by atoms with Crippen molar-refractivity contribution < 1.29 is 35.9 Å². The number of nitrogen functional groups attached to an aromatic ring is 1. The van der Waals surface area contributed by atoms with Crippen LogP contribution in [0.1, 0.15) is 50.2 Å². The molecule has 4 aliphatic heterocycles. The van der Waals surface area contributed by atoms with Gasteiger partial charge in [-0.15, -0.1) is 11.3 Å². The molecule has 8 rings (SSSR count). The molecule has 0 aliphatic carbocycles. The Hall–Kier alpha value is -4.36. The highest BCUT2D eigenvalue weighted by Gasteiger charge is 2.50. The molecule has 6 heterocycles. The number of aromatic nitrogens is 2. The van der Waals surface area contributed by atoms with Crippen LogP contribution in [-0.2, 0) is 11.0 Å². The van der Waals surface area contributed by atoms with Gasteiger partial charge in [0.15, 0.2) is 5.82 Å². The van der Waals surface area contributed by atoms with Gasteiger partial charge in [0, 0.05) is 55.9 Å². The fourth-order valence-corrected chi connectivity index (χ4v) is 9.77. The summed E-state index contributed by atoms with van der Waals surface area (Å²) < 4.78 is 98.0. The van der Waals surface area contributed by atoms with Crippen molar-refractivity contribution in [3.63, 3.8) is 0 Å². The van der Waals surface area contributed by atoms with E-state index in [2.05, 4.69) is 9.97 Å². The number of nitrogens with two attached hydrogens (primary N) is 1. The first-order valence-electron chi connectivity index (χ1n) is 16.9. The van der Waals surface area contributed by atoms with Crippen molar-refractivity contribution in [3.05, 3.63) is 41.0 Å². The molecule has 0 saturated carbocycles. The number of fused-ring (bicyclic) bond motifs is 4. The van der Waals surface area contributed by atoms with Gasteiger partial charge in [-0.1, -0.05) is 6.07 Å². The lowest BCUT2D eigenvalue weighted by Gasteiger charge is -2.38. The molecule has 1 amide bonds. The van der Waals surface area contributed by atoms with Crippen molar-refractivity contribution in [3.8, 4) is 23.2 Å². The van der Waals surface area contributed by atoms with E-state index in [1.165, 1.54) is 6.92 Å². The first-order chi connectivity index (χ1) is 24.3. The standard InChI is InChI=1S/C35H33F6N7O2S/c1-17(49)46-13-18-4-2-9-48(25(18)15-46)32-21-10-23(35(39,40)41)27(20-5-6-24(37)30-26(20)22(12-42)31(43)51-30)28(38)29(21)44-33(45-32)50-16-34-7-3-8-47(34)14-19(36)11-34/h5-6,10,18-19,25H,2-4,7-9,11,13-16,43H2,1H3/t18-,19+,25+,34-/m0/s1. The van der Waals surface area contributed by atoms with Gasteiger partial charge in [0.1, 0.15) is 41.0 Å². The second kappa shape index (κ2) is 12.1. The normalized spacial score (nSPS) is 25.1. The van der Waals surface area contributed by atoms with E-state index >= 15 is 17.6 Å². The number of alkyl halides is 4. The Labute approximate surface area is 292 Å². The topological polar surface area (TPSA) is 112 Å². The third-order valence-corrected chi connectivity index (χ3v) is 12.2. The van der Waals surface area contributed by atoms with Crippen molar-refractivity contribution in [1.29, 1.82) is 5.26 Å². The lowest BCUT2D eigenvalue weighted by atomic mass is 9.90. The molecule has 16 heteroatoms. The number of halogens is 6. The smallest absolute Gasteiger partial charge is 0.417 e. The molecule has 0 spiro atoms. The van der Waals surface area contributed by atoms with Gasteiger partial charge in [-0.05, 0) is 55.8 Å². The van der Waals surface area contributed by atoms with Crippen molar-refractivity contribution in [2.45, 2.75) is 63.0 Å². The molecule has 4 aromatic rings. The monoisotopic (exact) mass is 729 g/mol. The number of amides is 1. The Balaban J connectivity index is 1.35. The zero-order valence-electron chi connectivity index (χ0n) is 27.5. The maximum absolute atomic E-state index is 17.2. The van der Waals surface area contributed by atoms with Crippen LogP contribution in [0.3, 0.4) is 0 Å². The fraction of sp³-hybridized carbons (Fsp3) is 0.486. The second-order valence-electron chi connectivity index (χ2n) is 14.0. The van der Waals surface area contributed by atoms with Crippen LogP contribution in [0.25, 0.3) is 32.1 Å². The Morgan fingerprint density at radius 2 is 1.98 bits per heavy atom. The highest BCUT2D eigenvalue weighted by Crippen LogP contribution is 2.49. The number of thiophene rings is 1. The van der Waals surface area contributed by atoms with Gasteiger partial charge in [-0.25, -0.2) is 13.2 Å². The molecular weight excluding hydrogens is 696 g/mol. The highest BCUT2D eigenvalue weighted by atomic mass is 32.1. The van der Waals surface area contributed by atoms with E-state index in [0.29, 0.717) is 50.4 Å². The number of nitrogens with zero attached hydrogens (tertiary/aromatic N) is 6. The van der Waals surface area contributed by atoms with Gasteiger partial charge in [-0.3, -0.25) is 9.69 Å². The third kappa shape index (κ3) is 5.42.